The summed E-state index contributed by atoms with van der Waals surface area (Å²) in [6.07, 6.45) is 93.7. The van der Waals surface area contributed by atoms with Gasteiger partial charge in [0.05, 0.1) is 0 Å². The van der Waals surface area contributed by atoms with E-state index in [1.165, 1.54) is 225 Å². The standard InChI is InChI=1S/C76H134O6/c1-4-7-10-13-16-18-20-22-24-26-28-30-32-34-36-38-40-42-44-46-48-50-52-54-56-58-60-63-66-69-75(78)81-72-73(71-80-74(77)68-65-62-15-12-9-6-3)82-76(79)70-67-64-61-59-57-55-53-51-49-47-45-43-41-39-37-35-33-31-29-27-25-23-21-19-17-14-11-8-5-2/h7,10,16,18,22,24,27-30,34,36,40,42,73H,4-6,8-9,11-15,17,19-21,23,25-26,31-33,35,37-39,41,43-72H2,1-3H3/b10-7-,18-16-,24-22-,29-27-,30-28-,36-34-,42-40-. The molecule has 6 heteroatoms. The molecule has 0 amide bonds. The summed E-state index contributed by atoms with van der Waals surface area (Å²) in [5, 5.41) is 0. The Labute approximate surface area is 509 Å². The van der Waals surface area contributed by atoms with Gasteiger partial charge in [-0.3, -0.25) is 14.4 Å². The Morgan fingerprint density at radius 2 is 0.476 bits per heavy atom. The van der Waals surface area contributed by atoms with Crippen molar-refractivity contribution in [1.82, 2.24) is 0 Å². The van der Waals surface area contributed by atoms with Gasteiger partial charge in [0.1, 0.15) is 13.2 Å². The summed E-state index contributed by atoms with van der Waals surface area (Å²) in [4.78, 5) is 38.1. The monoisotopic (exact) mass is 1140 g/mol. The van der Waals surface area contributed by atoms with Gasteiger partial charge < -0.3 is 14.2 Å². The highest BCUT2D eigenvalue weighted by Crippen LogP contribution is 2.18. The van der Waals surface area contributed by atoms with Gasteiger partial charge in [0.15, 0.2) is 6.10 Å². The predicted molar refractivity (Wildman–Crippen MR) is 358 cm³/mol. The Balaban J connectivity index is 4.02. The van der Waals surface area contributed by atoms with E-state index in [1.807, 2.05) is 0 Å². The van der Waals surface area contributed by atoms with E-state index in [4.69, 9.17) is 14.2 Å². The van der Waals surface area contributed by atoms with Gasteiger partial charge in [-0.05, 0) is 96.3 Å². The molecule has 0 radical (unpaired) electrons. The topological polar surface area (TPSA) is 78.9 Å². The molecule has 0 N–H and O–H groups in total. The Morgan fingerprint density at radius 1 is 0.256 bits per heavy atom. The van der Waals surface area contributed by atoms with Gasteiger partial charge in [-0.1, -0.05) is 331 Å². The summed E-state index contributed by atoms with van der Waals surface area (Å²) in [7, 11) is 0. The van der Waals surface area contributed by atoms with Crippen molar-refractivity contribution < 1.29 is 28.6 Å². The van der Waals surface area contributed by atoms with E-state index in [2.05, 4.69) is 106 Å². The second kappa shape index (κ2) is 70.1. The highest BCUT2D eigenvalue weighted by Gasteiger charge is 2.19. The van der Waals surface area contributed by atoms with Gasteiger partial charge in [0, 0.05) is 19.3 Å². The lowest BCUT2D eigenvalue weighted by Gasteiger charge is -2.18. The molecule has 0 aromatic rings. The Morgan fingerprint density at radius 3 is 0.756 bits per heavy atom. The molecule has 82 heavy (non-hydrogen) atoms. The molecule has 0 bridgehead atoms. The van der Waals surface area contributed by atoms with E-state index in [0.717, 1.165) is 96.3 Å². The van der Waals surface area contributed by atoms with E-state index < -0.39 is 6.10 Å². The molecule has 6 nitrogen and oxygen atoms in total. The number of carbonyl (C=O) groups excluding carboxylic acids is 3. The summed E-state index contributed by atoms with van der Waals surface area (Å²) in [5.74, 6) is -0.872. The van der Waals surface area contributed by atoms with Crippen molar-refractivity contribution >= 4 is 17.9 Å². The summed E-state index contributed by atoms with van der Waals surface area (Å²) in [5.41, 5.74) is 0. The summed E-state index contributed by atoms with van der Waals surface area (Å²) >= 11 is 0. The van der Waals surface area contributed by atoms with Crippen LogP contribution in [0.3, 0.4) is 0 Å². The molecule has 0 aromatic heterocycles. The minimum absolute atomic E-state index is 0.0743. The van der Waals surface area contributed by atoms with Gasteiger partial charge >= 0.3 is 17.9 Å². The Bertz CT molecular complexity index is 1550. The van der Waals surface area contributed by atoms with Gasteiger partial charge in [0.25, 0.3) is 0 Å². The lowest BCUT2D eigenvalue weighted by Crippen LogP contribution is -2.30. The number of rotatable bonds is 65. The van der Waals surface area contributed by atoms with Crippen molar-refractivity contribution in [3.8, 4) is 0 Å². The zero-order valence-electron chi connectivity index (χ0n) is 54.5. The van der Waals surface area contributed by atoms with Crippen molar-refractivity contribution in [2.75, 3.05) is 13.2 Å². The van der Waals surface area contributed by atoms with Crippen molar-refractivity contribution in [3.63, 3.8) is 0 Å². The molecule has 0 saturated heterocycles. The Hall–Kier alpha value is -3.41. The molecule has 0 aliphatic heterocycles. The summed E-state index contributed by atoms with van der Waals surface area (Å²) in [6, 6.07) is 0. The highest BCUT2D eigenvalue weighted by molar-refractivity contribution is 5.71. The molecule has 0 aliphatic carbocycles. The quantitative estimate of drug-likeness (QED) is 0.0261. The first kappa shape index (κ1) is 78.6. The van der Waals surface area contributed by atoms with Crippen LogP contribution in [0.2, 0.25) is 0 Å². The van der Waals surface area contributed by atoms with E-state index in [1.54, 1.807) is 0 Å². The second-order valence-corrected chi connectivity index (χ2v) is 23.8. The average Bonchev–Trinajstić information content (AvgIpc) is 3.47. The summed E-state index contributed by atoms with van der Waals surface area (Å²) < 4.78 is 16.9. The molecule has 0 aliphatic rings. The van der Waals surface area contributed by atoms with E-state index >= 15 is 0 Å². The van der Waals surface area contributed by atoms with Crippen molar-refractivity contribution in [2.45, 2.75) is 367 Å². The van der Waals surface area contributed by atoms with Crippen LogP contribution in [0.4, 0.5) is 0 Å². The molecule has 0 saturated carbocycles. The molecule has 0 fully saturated rings. The van der Waals surface area contributed by atoms with E-state index in [9.17, 15) is 14.4 Å². The molecular weight excluding hydrogens is 1010 g/mol. The molecular formula is C76H134O6. The fourth-order valence-electron chi connectivity index (χ4n) is 10.3. The lowest BCUT2D eigenvalue weighted by atomic mass is 10.0. The van der Waals surface area contributed by atoms with Gasteiger partial charge in [-0.2, -0.15) is 0 Å². The largest absolute Gasteiger partial charge is 0.462 e. The third-order valence-corrected chi connectivity index (χ3v) is 15.6. The van der Waals surface area contributed by atoms with E-state index in [0.29, 0.717) is 19.3 Å². The Kier molecular flexibility index (Phi) is 67.2. The minimum Gasteiger partial charge on any atom is -0.462 e. The second-order valence-electron chi connectivity index (χ2n) is 23.8. The first-order chi connectivity index (χ1) is 40.5. The highest BCUT2D eigenvalue weighted by atomic mass is 16.6. The van der Waals surface area contributed by atoms with Crippen molar-refractivity contribution in [2.24, 2.45) is 0 Å². The third-order valence-electron chi connectivity index (χ3n) is 15.6. The fraction of sp³-hybridized carbons (Fsp3) is 0.776. The molecule has 474 valence electrons. The van der Waals surface area contributed by atoms with Gasteiger partial charge in [0.2, 0.25) is 0 Å². The number of unbranched alkanes of at least 4 members (excludes halogenated alkanes) is 40. The van der Waals surface area contributed by atoms with Crippen LogP contribution in [0.15, 0.2) is 85.1 Å². The minimum atomic E-state index is -0.775. The zero-order valence-corrected chi connectivity index (χ0v) is 54.5. The fourth-order valence-corrected chi connectivity index (χ4v) is 10.3. The van der Waals surface area contributed by atoms with Crippen LogP contribution in [0.25, 0.3) is 0 Å². The normalized spacial score (nSPS) is 12.6. The first-order valence-corrected chi connectivity index (χ1v) is 35.6. The number of hydrogen-bond acceptors (Lipinski definition) is 6. The molecule has 0 spiro atoms. The van der Waals surface area contributed by atoms with Crippen LogP contribution < -0.4 is 0 Å². The van der Waals surface area contributed by atoms with Crippen LogP contribution in [-0.4, -0.2) is 37.2 Å². The molecule has 0 aromatic carbocycles. The van der Waals surface area contributed by atoms with Crippen LogP contribution in [0.5, 0.6) is 0 Å². The van der Waals surface area contributed by atoms with Crippen molar-refractivity contribution in [1.29, 1.82) is 0 Å². The van der Waals surface area contributed by atoms with Crippen LogP contribution in [0.1, 0.15) is 361 Å². The summed E-state index contributed by atoms with van der Waals surface area (Å²) in [6.45, 7) is 6.51. The number of ether oxygens (including phenoxy) is 3. The number of allylic oxidation sites excluding steroid dienone is 14. The number of carbonyl (C=O) groups is 3. The van der Waals surface area contributed by atoms with Crippen molar-refractivity contribution in [3.05, 3.63) is 85.1 Å². The van der Waals surface area contributed by atoms with Gasteiger partial charge in [-0.15, -0.1) is 0 Å². The maximum atomic E-state index is 12.9. The molecule has 0 rings (SSSR count). The number of esters is 3. The first-order valence-electron chi connectivity index (χ1n) is 35.6. The van der Waals surface area contributed by atoms with Crippen LogP contribution in [-0.2, 0) is 28.6 Å². The van der Waals surface area contributed by atoms with Crippen LogP contribution in [0, 0.1) is 0 Å². The molecule has 0 heterocycles. The predicted octanol–water partition coefficient (Wildman–Crippen LogP) is 24.6. The zero-order chi connectivity index (χ0) is 59.2. The number of hydrogen-bond donors (Lipinski definition) is 0. The maximum absolute atomic E-state index is 12.9. The SMILES string of the molecule is CC/C=C\C/C=C\C/C=C\C/C=C\C/C=C\C/C=C\CCCCCCCCCCCCC(=O)OCC(COC(=O)CCCCCCCC)OC(=O)CCCCCCCCCCCCCCCCCCC/C=C\CCCCCCCCCC. The smallest absolute Gasteiger partial charge is 0.306 e. The molecule has 1 unspecified atom stereocenters. The van der Waals surface area contributed by atoms with Crippen LogP contribution >= 0.6 is 0 Å². The van der Waals surface area contributed by atoms with E-state index in [-0.39, 0.29) is 31.1 Å². The molecule has 1 atom stereocenters. The lowest BCUT2D eigenvalue weighted by molar-refractivity contribution is -0.167. The average molecular weight is 1140 g/mol. The maximum Gasteiger partial charge on any atom is 0.306 e. The van der Waals surface area contributed by atoms with Gasteiger partial charge in [-0.25, -0.2) is 0 Å². The third kappa shape index (κ3) is 67.4.